The maximum Gasteiger partial charge on any atom is 0.162 e. The van der Waals surface area contributed by atoms with Gasteiger partial charge in [0.2, 0.25) is 0 Å². The molecule has 3 aliphatic rings. The molecule has 5 nitrogen and oxygen atoms in total. The molecule has 6 rings (SSSR count). The van der Waals surface area contributed by atoms with Gasteiger partial charge in [0.05, 0.1) is 6.61 Å². The minimum absolute atomic E-state index is 0.127. The Bertz CT molecular complexity index is 1630. The van der Waals surface area contributed by atoms with Crippen LogP contribution in [-0.4, -0.2) is 23.1 Å². The van der Waals surface area contributed by atoms with Crippen molar-refractivity contribution in [3.63, 3.8) is 0 Å². The van der Waals surface area contributed by atoms with E-state index in [-0.39, 0.29) is 22.4 Å². The second kappa shape index (κ2) is 12.3. The summed E-state index contributed by atoms with van der Waals surface area (Å²) < 4.78 is 13.4. The highest BCUT2D eigenvalue weighted by atomic mass is 79.9. The Morgan fingerprint density at radius 3 is 1.91 bits per heavy atom. The number of nitrogens with zero attached hydrogens (tertiary/aromatic N) is 1. The van der Waals surface area contributed by atoms with Crippen molar-refractivity contribution in [2.24, 2.45) is 10.8 Å². The summed E-state index contributed by atoms with van der Waals surface area (Å²) >= 11 is 3.49. The van der Waals surface area contributed by atoms with Crippen LogP contribution in [0.3, 0.4) is 0 Å². The third-order valence-electron chi connectivity index (χ3n) is 9.11. The van der Waals surface area contributed by atoms with Gasteiger partial charge >= 0.3 is 0 Å². The van der Waals surface area contributed by atoms with E-state index in [1.807, 2.05) is 67.6 Å². The van der Waals surface area contributed by atoms with Crippen molar-refractivity contribution in [2.75, 3.05) is 6.61 Å². The zero-order valence-corrected chi connectivity index (χ0v) is 28.5. The summed E-state index contributed by atoms with van der Waals surface area (Å²) in [7, 11) is 0. The summed E-state index contributed by atoms with van der Waals surface area (Å²) in [6, 6.07) is 24.4. The van der Waals surface area contributed by atoms with Gasteiger partial charge in [0.1, 0.15) is 6.61 Å². The van der Waals surface area contributed by atoms with Gasteiger partial charge in [-0.3, -0.25) is 9.59 Å². The summed E-state index contributed by atoms with van der Waals surface area (Å²) in [5, 5.41) is 0. The lowest BCUT2D eigenvalue weighted by molar-refractivity contribution is -0.119. The smallest absolute Gasteiger partial charge is 0.162 e. The van der Waals surface area contributed by atoms with Crippen molar-refractivity contribution in [1.29, 1.82) is 0 Å². The lowest BCUT2D eigenvalue weighted by Crippen LogP contribution is -2.44. The summed E-state index contributed by atoms with van der Waals surface area (Å²) in [6.45, 7) is 12.2. The van der Waals surface area contributed by atoms with E-state index >= 15 is 0 Å². The molecule has 0 aromatic heterocycles. The van der Waals surface area contributed by atoms with E-state index in [4.69, 9.17) is 9.47 Å². The van der Waals surface area contributed by atoms with Crippen LogP contribution < -0.4 is 9.47 Å². The molecule has 0 atom stereocenters. The molecule has 0 saturated carbocycles. The lowest BCUT2D eigenvalue weighted by Gasteiger charge is -2.49. The highest BCUT2D eigenvalue weighted by Crippen LogP contribution is 2.55. The maximum absolute atomic E-state index is 14.2. The van der Waals surface area contributed by atoms with Gasteiger partial charge in [-0.15, -0.1) is 0 Å². The number of allylic oxidation sites excluding steroid dienone is 4. The third-order valence-corrected chi connectivity index (χ3v) is 9.64. The average molecular weight is 669 g/mol. The van der Waals surface area contributed by atoms with Crippen molar-refractivity contribution in [2.45, 2.75) is 79.4 Å². The van der Waals surface area contributed by atoms with Crippen molar-refractivity contribution < 1.29 is 19.1 Å². The molecule has 1 aliphatic heterocycles. The molecule has 6 heteroatoms. The fourth-order valence-electron chi connectivity index (χ4n) is 7.17. The average Bonchev–Trinajstić information content (AvgIpc) is 2.97. The Morgan fingerprint density at radius 2 is 1.33 bits per heavy atom. The third kappa shape index (κ3) is 6.53. The Balaban J connectivity index is 1.48. The van der Waals surface area contributed by atoms with Gasteiger partial charge in [-0.1, -0.05) is 92.2 Å². The minimum Gasteiger partial charge on any atom is -0.490 e. The minimum atomic E-state index is -0.436. The molecule has 3 aromatic rings. The molecule has 45 heavy (non-hydrogen) atoms. The topological polar surface area (TPSA) is 55.8 Å². The first kappa shape index (κ1) is 31.3. The van der Waals surface area contributed by atoms with E-state index in [2.05, 4.69) is 60.7 Å². The number of benzene rings is 3. The van der Waals surface area contributed by atoms with Gasteiger partial charge in [-0.2, -0.15) is 0 Å². The van der Waals surface area contributed by atoms with Crippen LogP contribution in [0.1, 0.15) is 82.9 Å². The normalized spacial score (nSPS) is 19.4. The molecule has 0 amide bonds. The highest BCUT2D eigenvalue weighted by molar-refractivity contribution is 9.10. The second-order valence-electron chi connectivity index (χ2n) is 14.2. The van der Waals surface area contributed by atoms with Crippen LogP contribution in [0, 0.1) is 10.8 Å². The molecule has 0 bridgehead atoms. The molecule has 2 aliphatic carbocycles. The zero-order chi connectivity index (χ0) is 31.9. The van der Waals surface area contributed by atoms with E-state index in [1.54, 1.807) is 0 Å². The van der Waals surface area contributed by atoms with Gasteiger partial charge in [0.15, 0.2) is 23.1 Å². The zero-order valence-electron chi connectivity index (χ0n) is 26.9. The van der Waals surface area contributed by atoms with E-state index in [9.17, 15) is 9.59 Å². The molecule has 0 spiro atoms. The molecule has 3 aromatic carbocycles. The van der Waals surface area contributed by atoms with Crippen LogP contribution in [0.4, 0.5) is 0 Å². The van der Waals surface area contributed by atoms with Crippen LogP contribution in [0.2, 0.25) is 0 Å². The van der Waals surface area contributed by atoms with Crippen molar-refractivity contribution >= 4 is 27.5 Å². The summed E-state index contributed by atoms with van der Waals surface area (Å²) in [5.41, 5.74) is 6.40. The van der Waals surface area contributed by atoms with Crippen LogP contribution in [0.15, 0.2) is 99.8 Å². The van der Waals surface area contributed by atoms with Gasteiger partial charge < -0.3 is 14.4 Å². The lowest BCUT2D eigenvalue weighted by atomic mass is 9.63. The monoisotopic (exact) mass is 667 g/mol. The quantitative estimate of drug-likeness (QED) is 0.240. The second-order valence-corrected chi connectivity index (χ2v) is 15.1. The number of rotatable bonds is 8. The first-order valence-electron chi connectivity index (χ1n) is 15.9. The number of Topliss-reactive ketones (excluding diaryl/α,β-unsaturated/α-hetero) is 2. The summed E-state index contributed by atoms with van der Waals surface area (Å²) in [6.07, 6.45) is 2.46. The molecular formula is C39H42BrNO4. The van der Waals surface area contributed by atoms with Crippen LogP contribution >= 0.6 is 15.9 Å². The predicted molar refractivity (Wildman–Crippen MR) is 181 cm³/mol. The maximum atomic E-state index is 14.2. The Labute approximate surface area is 275 Å². The Kier molecular flexibility index (Phi) is 8.55. The fourth-order valence-corrected chi connectivity index (χ4v) is 7.44. The number of carbonyl (C=O) groups excluding carboxylic acids is 2. The van der Waals surface area contributed by atoms with Crippen LogP contribution in [0.5, 0.6) is 11.5 Å². The molecule has 0 radical (unpaired) electrons. The van der Waals surface area contributed by atoms with Gasteiger partial charge in [-0.05, 0) is 71.6 Å². The number of ketones is 2. The largest absolute Gasteiger partial charge is 0.490 e. The van der Waals surface area contributed by atoms with Crippen molar-refractivity contribution in [3.05, 3.63) is 116 Å². The first-order valence-corrected chi connectivity index (χ1v) is 16.7. The van der Waals surface area contributed by atoms with Crippen molar-refractivity contribution in [3.8, 4) is 11.5 Å². The Hall–Kier alpha value is -3.64. The highest BCUT2D eigenvalue weighted by Gasteiger charge is 2.49. The van der Waals surface area contributed by atoms with Gasteiger partial charge in [0.25, 0.3) is 0 Å². The number of halogens is 1. The molecule has 234 valence electrons. The first-order chi connectivity index (χ1) is 21.4. The van der Waals surface area contributed by atoms with Gasteiger partial charge in [0, 0.05) is 52.3 Å². The number of hydrogen-bond donors (Lipinski definition) is 0. The molecule has 0 fully saturated rings. The predicted octanol–water partition coefficient (Wildman–Crippen LogP) is 9.31. The molecule has 1 heterocycles. The standard InChI is InChI=1S/C39H42BrNO4/c1-6-44-34-18-27(14-17-33(34)45-24-26-12-15-28(40)16-13-26)35-36-29(19-38(2,3)21-31(36)42)41(23-25-10-8-7-9-11-25)30-20-39(4,5)22-32(43)37(30)35/h7-18,35H,6,19-24H2,1-5H3. The number of hydrogen-bond acceptors (Lipinski definition) is 5. The molecule has 0 N–H and O–H groups in total. The Morgan fingerprint density at radius 1 is 0.733 bits per heavy atom. The number of carbonyl (C=O) groups is 2. The summed E-state index contributed by atoms with van der Waals surface area (Å²) in [5.74, 6) is 1.08. The molecule has 0 saturated heterocycles. The molecular weight excluding hydrogens is 626 g/mol. The van der Waals surface area contributed by atoms with Crippen LogP contribution in [-0.2, 0) is 22.7 Å². The SMILES string of the molecule is CCOc1cc(C2C3=C(CC(C)(C)CC3=O)N(Cc3ccccc3)C3=C2C(=O)CC(C)(C)C3)ccc1OCc1ccc(Br)cc1. The van der Waals surface area contributed by atoms with E-state index < -0.39 is 5.92 Å². The van der Waals surface area contributed by atoms with Gasteiger partial charge in [-0.25, -0.2) is 0 Å². The summed E-state index contributed by atoms with van der Waals surface area (Å²) in [4.78, 5) is 30.8. The van der Waals surface area contributed by atoms with Crippen molar-refractivity contribution in [1.82, 2.24) is 4.90 Å². The van der Waals surface area contributed by atoms with Crippen LogP contribution in [0.25, 0.3) is 0 Å². The molecule has 0 unspecified atom stereocenters. The number of ether oxygens (including phenoxy) is 2. The fraction of sp³-hybridized carbons (Fsp3) is 0.385. The van der Waals surface area contributed by atoms with E-state index in [1.165, 1.54) is 0 Å². The van der Waals surface area contributed by atoms with E-state index in [0.29, 0.717) is 44.1 Å². The van der Waals surface area contributed by atoms with E-state index in [0.717, 1.165) is 56.5 Å².